The van der Waals surface area contributed by atoms with Crippen LogP contribution in [0.5, 0.6) is 11.5 Å². The SMILES string of the molecule is CCCCOc1ccc(C2Nc3ccccc3NC3=C2C(=O)NC3)c(OCC)c1. The van der Waals surface area contributed by atoms with Crippen LogP contribution in [-0.2, 0) is 4.79 Å². The predicted molar refractivity (Wildman–Crippen MR) is 114 cm³/mol. The Labute approximate surface area is 171 Å². The lowest BCUT2D eigenvalue weighted by atomic mass is 9.96. The van der Waals surface area contributed by atoms with Gasteiger partial charge in [-0.15, -0.1) is 0 Å². The van der Waals surface area contributed by atoms with Crippen LogP contribution in [0.25, 0.3) is 0 Å². The molecule has 0 fully saturated rings. The van der Waals surface area contributed by atoms with Gasteiger partial charge in [0.15, 0.2) is 0 Å². The van der Waals surface area contributed by atoms with Gasteiger partial charge in [0.2, 0.25) is 0 Å². The van der Waals surface area contributed by atoms with Crippen molar-refractivity contribution >= 4 is 17.3 Å². The number of para-hydroxylation sites is 2. The number of unbranched alkanes of at least 4 members (excludes halogenated alkanes) is 1. The normalized spacial score (nSPS) is 17.4. The van der Waals surface area contributed by atoms with E-state index in [9.17, 15) is 4.79 Å². The third-order valence-corrected chi connectivity index (χ3v) is 5.16. The fourth-order valence-electron chi connectivity index (χ4n) is 3.71. The first-order valence-corrected chi connectivity index (χ1v) is 10.2. The van der Waals surface area contributed by atoms with Gasteiger partial charge in [0.25, 0.3) is 5.91 Å². The molecule has 1 unspecified atom stereocenters. The number of carbonyl (C=O) groups excluding carboxylic acids is 1. The van der Waals surface area contributed by atoms with Crippen LogP contribution in [0.15, 0.2) is 53.7 Å². The van der Waals surface area contributed by atoms with Crippen molar-refractivity contribution in [1.82, 2.24) is 5.32 Å². The second kappa shape index (κ2) is 8.47. The lowest BCUT2D eigenvalue weighted by molar-refractivity contribution is -0.116. The maximum Gasteiger partial charge on any atom is 0.251 e. The van der Waals surface area contributed by atoms with Gasteiger partial charge in [-0.2, -0.15) is 0 Å². The molecule has 1 amide bonds. The monoisotopic (exact) mass is 393 g/mol. The first-order valence-electron chi connectivity index (χ1n) is 10.2. The largest absolute Gasteiger partial charge is 0.493 e. The molecule has 6 nitrogen and oxygen atoms in total. The van der Waals surface area contributed by atoms with Crippen molar-refractivity contribution in [2.75, 3.05) is 30.4 Å². The molecule has 2 heterocycles. The molecule has 0 spiro atoms. The van der Waals surface area contributed by atoms with Gasteiger partial charge in [0.05, 0.1) is 42.7 Å². The van der Waals surface area contributed by atoms with Crippen LogP contribution in [0, 0.1) is 0 Å². The smallest absolute Gasteiger partial charge is 0.251 e. The number of rotatable bonds is 7. The molecule has 0 aromatic heterocycles. The Morgan fingerprint density at radius 2 is 1.90 bits per heavy atom. The van der Waals surface area contributed by atoms with Crippen molar-refractivity contribution < 1.29 is 14.3 Å². The van der Waals surface area contributed by atoms with Crippen LogP contribution in [0.3, 0.4) is 0 Å². The Hall–Kier alpha value is -3.15. The highest BCUT2D eigenvalue weighted by atomic mass is 16.5. The molecule has 152 valence electrons. The molecular formula is C23H27N3O3. The van der Waals surface area contributed by atoms with Crippen LogP contribution in [0.1, 0.15) is 38.3 Å². The van der Waals surface area contributed by atoms with Crippen LogP contribution in [-0.4, -0.2) is 25.7 Å². The van der Waals surface area contributed by atoms with E-state index in [0.29, 0.717) is 25.3 Å². The average Bonchev–Trinajstić information content (AvgIpc) is 2.99. The van der Waals surface area contributed by atoms with Crippen molar-refractivity contribution in [3.8, 4) is 11.5 Å². The quantitative estimate of drug-likeness (QED) is 0.614. The van der Waals surface area contributed by atoms with Crippen molar-refractivity contribution in [2.24, 2.45) is 0 Å². The third kappa shape index (κ3) is 3.88. The Kier molecular flexibility index (Phi) is 5.60. The second-order valence-corrected chi connectivity index (χ2v) is 7.16. The first-order chi connectivity index (χ1) is 14.2. The van der Waals surface area contributed by atoms with E-state index in [1.807, 2.05) is 49.4 Å². The molecule has 0 saturated carbocycles. The summed E-state index contributed by atoms with van der Waals surface area (Å²) in [7, 11) is 0. The number of fused-ring (bicyclic) bond motifs is 1. The lowest BCUT2D eigenvalue weighted by Gasteiger charge is -2.23. The van der Waals surface area contributed by atoms with E-state index in [1.54, 1.807) is 0 Å². The average molecular weight is 393 g/mol. The zero-order chi connectivity index (χ0) is 20.2. The summed E-state index contributed by atoms with van der Waals surface area (Å²) in [6, 6.07) is 13.5. The van der Waals surface area contributed by atoms with E-state index in [1.165, 1.54) is 0 Å². The maximum atomic E-state index is 12.7. The van der Waals surface area contributed by atoms with Crippen LogP contribution in [0.2, 0.25) is 0 Å². The van der Waals surface area contributed by atoms with Gasteiger partial charge in [-0.05, 0) is 37.6 Å². The van der Waals surface area contributed by atoms with Crippen molar-refractivity contribution in [1.29, 1.82) is 0 Å². The maximum absolute atomic E-state index is 12.7. The molecule has 2 aromatic carbocycles. The van der Waals surface area contributed by atoms with Gasteiger partial charge in [0.1, 0.15) is 11.5 Å². The van der Waals surface area contributed by atoms with Gasteiger partial charge in [0, 0.05) is 17.3 Å². The molecule has 29 heavy (non-hydrogen) atoms. The van der Waals surface area contributed by atoms with Crippen molar-refractivity contribution in [2.45, 2.75) is 32.7 Å². The minimum absolute atomic E-state index is 0.0662. The third-order valence-electron chi connectivity index (χ3n) is 5.16. The number of hydrogen-bond donors (Lipinski definition) is 3. The van der Waals surface area contributed by atoms with Crippen LogP contribution in [0.4, 0.5) is 11.4 Å². The summed E-state index contributed by atoms with van der Waals surface area (Å²) in [5.74, 6) is 1.44. The number of anilines is 2. The summed E-state index contributed by atoms with van der Waals surface area (Å²) >= 11 is 0. The molecule has 2 aliphatic rings. The highest BCUT2D eigenvalue weighted by molar-refractivity contribution is 6.01. The summed E-state index contributed by atoms with van der Waals surface area (Å²) in [6.45, 7) is 5.80. The minimum atomic E-state index is -0.324. The molecule has 0 radical (unpaired) electrons. The number of hydrogen-bond acceptors (Lipinski definition) is 5. The summed E-state index contributed by atoms with van der Waals surface area (Å²) < 4.78 is 11.8. The molecule has 2 aliphatic heterocycles. The fraction of sp³-hybridized carbons (Fsp3) is 0.348. The zero-order valence-electron chi connectivity index (χ0n) is 16.9. The van der Waals surface area contributed by atoms with Gasteiger partial charge < -0.3 is 25.4 Å². The van der Waals surface area contributed by atoms with E-state index in [-0.39, 0.29) is 11.9 Å². The molecule has 0 saturated heterocycles. The van der Waals surface area contributed by atoms with Gasteiger partial charge in [-0.3, -0.25) is 4.79 Å². The van der Waals surface area contributed by atoms with Gasteiger partial charge in [-0.1, -0.05) is 25.5 Å². The standard InChI is InChI=1S/C23H27N3O3/c1-3-5-12-29-15-10-11-16(20(13-15)28-4-2)22-21-19(14-24-23(21)27)25-17-8-6-7-9-18(17)26-22/h6-11,13,22,25-26H,3-5,12,14H2,1-2H3,(H,24,27). The fourth-order valence-corrected chi connectivity index (χ4v) is 3.71. The number of nitrogens with one attached hydrogen (secondary N) is 3. The van der Waals surface area contributed by atoms with Crippen LogP contribution >= 0.6 is 0 Å². The number of carbonyl (C=O) groups is 1. The molecule has 4 rings (SSSR count). The highest BCUT2D eigenvalue weighted by Gasteiger charge is 2.35. The lowest BCUT2D eigenvalue weighted by Crippen LogP contribution is -2.24. The molecule has 0 bridgehead atoms. The number of amides is 1. The summed E-state index contributed by atoms with van der Waals surface area (Å²) in [4.78, 5) is 12.7. The van der Waals surface area contributed by atoms with Gasteiger partial charge in [-0.25, -0.2) is 0 Å². The number of ether oxygens (including phenoxy) is 2. The van der Waals surface area contributed by atoms with E-state index >= 15 is 0 Å². The molecule has 3 N–H and O–H groups in total. The molecule has 2 aromatic rings. The second-order valence-electron chi connectivity index (χ2n) is 7.16. The summed E-state index contributed by atoms with van der Waals surface area (Å²) in [6.07, 6.45) is 2.09. The molecule has 6 heteroatoms. The molecular weight excluding hydrogens is 366 g/mol. The number of benzene rings is 2. The zero-order valence-corrected chi connectivity index (χ0v) is 16.9. The topological polar surface area (TPSA) is 71.6 Å². The van der Waals surface area contributed by atoms with Crippen molar-refractivity contribution in [3.63, 3.8) is 0 Å². The van der Waals surface area contributed by atoms with E-state index in [0.717, 1.165) is 47.0 Å². The molecule has 0 aliphatic carbocycles. The Bertz CT molecular complexity index is 939. The van der Waals surface area contributed by atoms with E-state index in [4.69, 9.17) is 9.47 Å². The first kappa shape index (κ1) is 19.2. The van der Waals surface area contributed by atoms with Crippen LogP contribution < -0.4 is 25.4 Å². The van der Waals surface area contributed by atoms with E-state index in [2.05, 4.69) is 22.9 Å². The summed E-state index contributed by atoms with van der Waals surface area (Å²) in [5, 5.41) is 9.90. The molecule has 1 atom stereocenters. The Morgan fingerprint density at radius 3 is 2.69 bits per heavy atom. The van der Waals surface area contributed by atoms with Gasteiger partial charge >= 0.3 is 0 Å². The minimum Gasteiger partial charge on any atom is -0.493 e. The Morgan fingerprint density at radius 1 is 1.07 bits per heavy atom. The van der Waals surface area contributed by atoms with Crippen molar-refractivity contribution in [3.05, 3.63) is 59.3 Å². The summed E-state index contributed by atoms with van der Waals surface area (Å²) in [5.41, 5.74) is 4.41. The van der Waals surface area contributed by atoms with E-state index < -0.39 is 0 Å². The highest BCUT2D eigenvalue weighted by Crippen LogP contribution is 2.41. The Balaban J connectivity index is 1.74. The predicted octanol–water partition coefficient (Wildman–Crippen LogP) is 4.23.